The first-order valence-electron chi connectivity index (χ1n) is 6.53. The number of nitrogens with zero attached hydrogens (tertiary/aromatic N) is 3. The largest absolute Gasteiger partial charge is 0.269 e. The fraction of sp³-hybridized carbons (Fsp3) is 0.125. The van der Waals surface area contributed by atoms with Crippen molar-refractivity contribution in [3.63, 3.8) is 0 Å². The van der Waals surface area contributed by atoms with Gasteiger partial charge in [0, 0.05) is 17.7 Å². The van der Waals surface area contributed by atoms with Gasteiger partial charge in [-0.15, -0.1) is 0 Å². The van der Waals surface area contributed by atoms with Crippen LogP contribution in [0.25, 0.3) is 0 Å². The number of aryl methyl sites for hydroxylation is 1. The Labute approximate surface area is 133 Å². The van der Waals surface area contributed by atoms with Gasteiger partial charge in [-0.25, -0.2) is 0 Å². The van der Waals surface area contributed by atoms with Crippen LogP contribution in [0.3, 0.4) is 0 Å². The van der Waals surface area contributed by atoms with E-state index in [9.17, 15) is 10.1 Å². The van der Waals surface area contributed by atoms with E-state index in [0.717, 1.165) is 16.7 Å². The van der Waals surface area contributed by atoms with Crippen LogP contribution in [-0.4, -0.2) is 15.9 Å². The Balaban J connectivity index is 2.21. The number of amidine groups is 1. The topological polar surface area (TPSA) is 67.9 Å². The molecule has 0 fully saturated rings. The predicted molar refractivity (Wildman–Crippen MR) is 89.5 cm³/mol. The van der Waals surface area contributed by atoms with E-state index in [1.54, 1.807) is 12.1 Å². The average molecular weight is 311 g/mol. The maximum Gasteiger partial charge on any atom is 0.269 e. The molecule has 0 amide bonds. The van der Waals surface area contributed by atoms with Crippen molar-refractivity contribution in [1.29, 1.82) is 0 Å². The maximum absolute atomic E-state index is 10.6. The number of hydrogen-bond acceptors (Lipinski definition) is 4. The fourth-order valence-electron chi connectivity index (χ4n) is 1.83. The Morgan fingerprint density at radius 3 is 2.36 bits per heavy atom. The third kappa shape index (κ3) is 4.15. The van der Waals surface area contributed by atoms with Gasteiger partial charge in [-0.1, -0.05) is 42.0 Å². The van der Waals surface area contributed by atoms with Gasteiger partial charge in [0.1, 0.15) is 0 Å². The number of non-ortho nitro benzene ring substituents is 1. The summed E-state index contributed by atoms with van der Waals surface area (Å²) in [7, 11) is 0. The molecule has 0 saturated carbocycles. The number of nitro benzene ring substituents is 1. The van der Waals surface area contributed by atoms with Crippen LogP contribution in [0.2, 0.25) is 0 Å². The van der Waals surface area contributed by atoms with E-state index in [4.69, 9.17) is 0 Å². The lowest BCUT2D eigenvalue weighted by atomic mass is 10.1. The summed E-state index contributed by atoms with van der Waals surface area (Å²) >= 11 is 4.66. The van der Waals surface area contributed by atoms with E-state index >= 15 is 0 Å². The molecule has 0 N–H and O–H groups in total. The summed E-state index contributed by atoms with van der Waals surface area (Å²) in [6.07, 6.45) is 0. The van der Waals surface area contributed by atoms with Crippen LogP contribution >= 0.6 is 12.2 Å². The van der Waals surface area contributed by atoms with Gasteiger partial charge in [0.15, 0.2) is 5.84 Å². The normalized spacial score (nSPS) is 10.9. The number of aliphatic imine (C=N–C) groups is 2. The van der Waals surface area contributed by atoms with Gasteiger partial charge >= 0.3 is 0 Å². The number of rotatable bonds is 4. The molecule has 2 rings (SSSR count). The number of benzene rings is 2. The summed E-state index contributed by atoms with van der Waals surface area (Å²) < 4.78 is 0. The average Bonchev–Trinajstić information content (AvgIpc) is 2.53. The van der Waals surface area contributed by atoms with Crippen molar-refractivity contribution in [2.75, 3.05) is 0 Å². The first kappa shape index (κ1) is 15.7. The van der Waals surface area contributed by atoms with Crippen molar-refractivity contribution in [2.45, 2.75) is 13.5 Å². The van der Waals surface area contributed by atoms with E-state index in [1.165, 1.54) is 12.1 Å². The summed E-state index contributed by atoms with van der Waals surface area (Å²) in [5.41, 5.74) is 2.91. The monoisotopic (exact) mass is 311 g/mol. The molecule has 5 nitrogen and oxygen atoms in total. The third-order valence-corrected chi connectivity index (χ3v) is 3.11. The SMILES string of the molecule is Cc1ccc(C(N=C=S)=NCc2ccc([N+](=O)[O-])cc2)cc1. The minimum atomic E-state index is -0.429. The molecule has 0 bridgehead atoms. The lowest BCUT2D eigenvalue weighted by Gasteiger charge is -2.02. The Morgan fingerprint density at radius 1 is 1.18 bits per heavy atom. The second kappa shape index (κ2) is 7.36. The Hall–Kier alpha value is -2.69. The second-order valence-corrected chi connectivity index (χ2v) is 4.82. The molecule has 0 spiro atoms. The van der Waals surface area contributed by atoms with Crippen molar-refractivity contribution in [3.8, 4) is 0 Å². The Kier molecular flexibility index (Phi) is 5.25. The summed E-state index contributed by atoms with van der Waals surface area (Å²) in [5, 5.41) is 12.9. The van der Waals surface area contributed by atoms with Gasteiger partial charge < -0.3 is 0 Å². The highest BCUT2D eigenvalue weighted by Gasteiger charge is 2.05. The van der Waals surface area contributed by atoms with Gasteiger partial charge in [0.2, 0.25) is 0 Å². The molecular weight excluding hydrogens is 298 g/mol. The van der Waals surface area contributed by atoms with Crippen molar-refractivity contribution >= 4 is 28.9 Å². The zero-order chi connectivity index (χ0) is 15.9. The minimum Gasteiger partial charge on any atom is -0.261 e. The predicted octanol–water partition coefficient (Wildman–Crippen LogP) is 3.95. The van der Waals surface area contributed by atoms with E-state index in [-0.39, 0.29) is 5.69 Å². The Morgan fingerprint density at radius 2 is 1.82 bits per heavy atom. The molecule has 0 radical (unpaired) electrons. The first-order chi connectivity index (χ1) is 10.6. The number of thiocarbonyl (C=S) groups is 1. The summed E-state index contributed by atoms with van der Waals surface area (Å²) in [6.45, 7) is 2.36. The van der Waals surface area contributed by atoms with E-state index in [1.807, 2.05) is 31.2 Å². The molecule has 6 heteroatoms. The molecule has 0 unspecified atom stereocenters. The van der Waals surface area contributed by atoms with Gasteiger partial charge in [0.05, 0.1) is 16.6 Å². The zero-order valence-corrected chi connectivity index (χ0v) is 12.7. The number of nitro groups is 1. The molecule has 0 aliphatic rings. The van der Waals surface area contributed by atoms with Crippen LogP contribution in [0.4, 0.5) is 5.69 Å². The summed E-state index contributed by atoms with van der Waals surface area (Å²) in [5.74, 6) is 0.494. The highest BCUT2D eigenvalue weighted by atomic mass is 32.1. The number of hydrogen-bond donors (Lipinski definition) is 0. The van der Waals surface area contributed by atoms with Crippen LogP contribution in [0.1, 0.15) is 16.7 Å². The molecule has 0 atom stereocenters. The van der Waals surface area contributed by atoms with Crippen molar-refractivity contribution < 1.29 is 4.92 Å². The molecule has 2 aromatic rings. The van der Waals surface area contributed by atoms with Gasteiger partial charge in [-0.3, -0.25) is 15.1 Å². The lowest BCUT2D eigenvalue weighted by molar-refractivity contribution is -0.384. The second-order valence-electron chi connectivity index (χ2n) is 4.63. The lowest BCUT2D eigenvalue weighted by Crippen LogP contribution is -1.98. The van der Waals surface area contributed by atoms with Crippen LogP contribution in [0.15, 0.2) is 58.5 Å². The molecule has 0 saturated heterocycles. The van der Waals surface area contributed by atoms with E-state index in [0.29, 0.717) is 12.4 Å². The third-order valence-electron chi connectivity index (χ3n) is 3.02. The quantitative estimate of drug-likeness (QED) is 0.282. The molecule has 2 aromatic carbocycles. The van der Waals surface area contributed by atoms with Gasteiger partial charge in [0.25, 0.3) is 5.69 Å². The van der Waals surface area contributed by atoms with Crippen LogP contribution in [-0.2, 0) is 6.54 Å². The van der Waals surface area contributed by atoms with Crippen molar-refractivity contribution in [2.24, 2.45) is 9.98 Å². The van der Waals surface area contributed by atoms with Crippen molar-refractivity contribution in [1.82, 2.24) is 0 Å². The number of isothiocyanates is 1. The zero-order valence-electron chi connectivity index (χ0n) is 11.9. The molecule has 0 aliphatic heterocycles. The molecule has 110 valence electrons. The maximum atomic E-state index is 10.6. The van der Waals surface area contributed by atoms with Gasteiger partial charge in [-0.05, 0) is 24.7 Å². The molecule has 0 aromatic heterocycles. The highest BCUT2D eigenvalue weighted by molar-refractivity contribution is 7.78. The molecule has 22 heavy (non-hydrogen) atoms. The first-order valence-corrected chi connectivity index (χ1v) is 6.93. The summed E-state index contributed by atoms with van der Waals surface area (Å²) in [6, 6.07) is 14.0. The van der Waals surface area contributed by atoms with Gasteiger partial charge in [-0.2, -0.15) is 4.99 Å². The minimum absolute atomic E-state index is 0.0587. The van der Waals surface area contributed by atoms with E-state index < -0.39 is 4.92 Å². The summed E-state index contributed by atoms with van der Waals surface area (Å²) in [4.78, 5) is 18.6. The Bertz CT molecular complexity index is 746. The smallest absolute Gasteiger partial charge is 0.261 e. The van der Waals surface area contributed by atoms with Crippen LogP contribution in [0, 0.1) is 17.0 Å². The van der Waals surface area contributed by atoms with Crippen LogP contribution in [0.5, 0.6) is 0 Å². The van der Waals surface area contributed by atoms with Crippen LogP contribution < -0.4 is 0 Å². The fourth-order valence-corrected chi connectivity index (χ4v) is 1.91. The standard InChI is InChI=1S/C16H13N3O2S/c1-12-2-6-14(7-3-12)16(18-11-22)17-10-13-4-8-15(9-5-13)19(20)21/h2-9H,10H2,1H3. The molecule has 0 heterocycles. The van der Waals surface area contributed by atoms with Crippen molar-refractivity contribution in [3.05, 3.63) is 75.3 Å². The highest BCUT2D eigenvalue weighted by Crippen LogP contribution is 2.13. The molecule has 0 aliphatic carbocycles. The van der Waals surface area contributed by atoms with E-state index in [2.05, 4.69) is 27.4 Å². The molecular formula is C16H13N3O2S.